The van der Waals surface area contributed by atoms with E-state index in [1.54, 1.807) is 11.8 Å². The molecule has 222 valence electrons. The molecule has 4 nitrogen and oxygen atoms in total. The molecule has 0 aliphatic carbocycles. The van der Waals surface area contributed by atoms with Crippen LogP contribution in [0.1, 0.15) is 22.8 Å². The number of aromatic nitrogens is 1. The molecule has 7 aromatic rings. The minimum atomic E-state index is -0.324. The fraction of sp³-hybridized carbons (Fsp3) is 0.0732. The average Bonchev–Trinajstić information content (AvgIpc) is 3.10. The van der Waals surface area contributed by atoms with Crippen LogP contribution in [-0.2, 0) is 4.74 Å². The number of fused-ring (bicyclic) bond motifs is 4. The van der Waals surface area contributed by atoms with Crippen LogP contribution < -0.4 is 4.90 Å². The number of pyridine rings is 1. The van der Waals surface area contributed by atoms with Crippen LogP contribution in [0.25, 0.3) is 44.1 Å². The summed E-state index contributed by atoms with van der Waals surface area (Å²) in [5.41, 5.74) is 9.94. The zero-order valence-electron chi connectivity index (χ0n) is 25.5. The molecule has 0 saturated carbocycles. The van der Waals surface area contributed by atoms with Crippen molar-refractivity contribution in [2.75, 3.05) is 11.5 Å². The lowest BCUT2D eigenvalue weighted by Crippen LogP contribution is -2.15. The molecule has 5 heteroatoms. The van der Waals surface area contributed by atoms with Gasteiger partial charge in [-0.05, 0) is 89.8 Å². The minimum absolute atomic E-state index is 0.324. The monoisotopic (exact) mass is 614 g/mol. The Morgan fingerprint density at radius 1 is 0.717 bits per heavy atom. The van der Waals surface area contributed by atoms with Crippen molar-refractivity contribution < 1.29 is 9.53 Å². The van der Waals surface area contributed by atoms with Crippen LogP contribution in [0.5, 0.6) is 0 Å². The molecule has 0 atom stereocenters. The highest BCUT2D eigenvalue weighted by atomic mass is 32.2. The molecule has 1 aliphatic heterocycles. The van der Waals surface area contributed by atoms with Gasteiger partial charge in [0.2, 0.25) is 0 Å². The number of anilines is 3. The second-order valence-corrected chi connectivity index (χ2v) is 12.5. The lowest BCUT2D eigenvalue weighted by atomic mass is 9.91. The van der Waals surface area contributed by atoms with Gasteiger partial charge in [0.1, 0.15) is 0 Å². The quantitative estimate of drug-likeness (QED) is 0.180. The van der Waals surface area contributed by atoms with Crippen molar-refractivity contribution in [2.24, 2.45) is 0 Å². The van der Waals surface area contributed by atoms with E-state index in [0.717, 1.165) is 55.9 Å². The summed E-state index contributed by atoms with van der Waals surface area (Å²) >= 11 is 1.80. The second kappa shape index (κ2) is 11.5. The number of para-hydroxylation sites is 2. The summed E-state index contributed by atoms with van der Waals surface area (Å²) in [5, 5.41) is 3.50. The topological polar surface area (TPSA) is 42.4 Å². The van der Waals surface area contributed by atoms with Gasteiger partial charge in [-0.15, -0.1) is 0 Å². The first-order chi connectivity index (χ1) is 22.6. The highest BCUT2D eigenvalue weighted by Gasteiger charge is 2.27. The summed E-state index contributed by atoms with van der Waals surface area (Å²) in [6.07, 6.45) is 0. The highest BCUT2D eigenvalue weighted by Crippen LogP contribution is 2.53. The van der Waals surface area contributed by atoms with Crippen molar-refractivity contribution in [3.8, 4) is 22.4 Å². The van der Waals surface area contributed by atoms with E-state index in [1.807, 2.05) is 31.2 Å². The number of carbonyl (C=O) groups excluding carboxylic acids is 1. The van der Waals surface area contributed by atoms with E-state index >= 15 is 0 Å². The largest absolute Gasteiger partial charge is 0.462 e. The fourth-order valence-corrected chi connectivity index (χ4v) is 7.51. The van der Waals surface area contributed by atoms with Crippen molar-refractivity contribution in [1.29, 1.82) is 0 Å². The summed E-state index contributed by atoms with van der Waals surface area (Å²) in [4.78, 5) is 22.6. The third kappa shape index (κ3) is 4.72. The van der Waals surface area contributed by atoms with E-state index in [4.69, 9.17) is 9.72 Å². The Bertz CT molecular complexity index is 2240. The molecule has 1 aliphatic rings. The maximum Gasteiger partial charge on any atom is 0.338 e. The summed E-state index contributed by atoms with van der Waals surface area (Å²) < 4.78 is 5.24. The van der Waals surface area contributed by atoms with E-state index in [2.05, 4.69) is 121 Å². The first kappa shape index (κ1) is 28.1. The number of rotatable bonds is 5. The number of benzene rings is 6. The lowest BCUT2D eigenvalue weighted by molar-refractivity contribution is 0.0526. The summed E-state index contributed by atoms with van der Waals surface area (Å²) in [7, 11) is 0. The lowest BCUT2D eigenvalue weighted by Gasteiger charge is -2.33. The normalized spacial score (nSPS) is 12.2. The number of hydrogen-bond acceptors (Lipinski definition) is 5. The first-order valence-corrected chi connectivity index (χ1v) is 16.3. The Labute approximate surface area is 272 Å². The Morgan fingerprint density at radius 3 is 2.13 bits per heavy atom. The van der Waals surface area contributed by atoms with E-state index in [1.165, 1.54) is 20.6 Å². The van der Waals surface area contributed by atoms with E-state index in [-0.39, 0.29) is 5.97 Å². The standard InChI is InChI=1S/C41H30N2O2S/c1-3-45-41(44)29-22-20-28(21-23-29)33-25-32(31-14-10-12-27-11-4-5-13-30(27)31)39-26(2)19-24-36(40(39)42-33)43-34-15-6-8-17-37(34)46-38-18-9-7-16-35(38)43/h4-25H,3H2,1-2H3. The van der Waals surface area contributed by atoms with Gasteiger partial charge in [-0.2, -0.15) is 0 Å². The smallest absolute Gasteiger partial charge is 0.338 e. The van der Waals surface area contributed by atoms with Gasteiger partial charge in [-0.1, -0.05) is 96.7 Å². The van der Waals surface area contributed by atoms with Gasteiger partial charge in [-0.3, -0.25) is 0 Å². The molecule has 0 N–H and O–H groups in total. The van der Waals surface area contributed by atoms with Gasteiger partial charge < -0.3 is 9.64 Å². The maximum atomic E-state index is 12.4. The van der Waals surface area contributed by atoms with Gasteiger partial charge in [-0.25, -0.2) is 9.78 Å². The van der Waals surface area contributed by atoms with E-state index in [0.29, 0.717) is 12.2 Å². The SMILES string of the molecule is CCOC(=O)c1ccc(-c2cc(-c3cccc4ccccc34)c3c(C)ccc(N4c5ccccc5Sc5ccccc54)c3n2)cc1. The molecular formula is C41H30N2O2S. The van der Waals surface area contributed by atoms with Crippen molar-refractivity contribution in [3.63, 3.8) is 0 Å². The number of aryl methyl sites for hydroxylation is 1. The van der Waals surface area contributed by atoms with Crippen LogP contribution in [-0.4, -0.2) is 17.6 Å². The molecule has 0 amide bonds. The molecule has 0 saturated heterocycles. The number of nitrogens with zero attached hydrogens (tertiary/aromatic N) is 2. The van der Waals surface area contributed by atoms with Gasteiger partial charge in [0.15, 0.2) is 0 Å². The molecule has 6 aromatic carbocycles. The maximum absolute atomic E-state index is 12.4. The third-order valence-electron chi connectivity index (χ3n) is 8.59. The minimum Gasteiger partial charge on any atom is -0.462 e. The number of esters is 1. The summed E-state index contributed by atoms with van der Waals surface area (Å²) in [6, 6.07) is 46.4. The Morgan fingerprint density at radius 2 is 1.39 bits per heavy atom. The van der Waals surface area contributed by atoms with Crippen LogP contribution in [0.15, 0.2) is 143 Å². The molecular weight excluding hydrogens is 585 g/mol. The van der Waals surface area contributed by atoms with Gasteiger partial charge in [0.05, 0.1) is 40.4 Å². The fourth-order valence-electron chi connectivity index (χ4n) is 6.45. The molecule has 46 heavy (non-hydrogen) atoms. The molecule has 8 rings (SSSR count). The van der Waals surface area contributed by atoms with Crippen LogP contribution in [0.4, 0.5) is 17.1 Å². The number of ether oxygens (including phenoxy) is 1. The summed E-state index contributed by atoms with van der Waals surface area (Å²) in [5.74, 6) is -0.324. The van der Waals surface area contributed by atoms with E-state index < -0.39 is 0 Å². The zero-order valence-corrected chi connectivity index (χ0v) is 26.3. The first-order valence-electron chi connectivity index (χ1n) is 15.5. The van der Waals surface area contributed by atoms with E-state index in [9.17, 15) is 4.79 Å². The van der Waals surface area contributed by atoms with Gasteiger partial charge in [0.25, 0.3) is 0 Å². The number of hydrogen-bond donors (Lipinski definition) is 0. The zero-order chi connectivity index (χ0) is 31.2. The predicted molar refractivity (Wildman–Crippen MR) is 190 cm³/mol. The molecule has 0 spiro atoms. The van der Waals surface area contributed by atoms with Crippen molar-refractivity contribution in [2.45, 2.75) is 23.6 Å². The van der Waals surface area contributed by atoms with Crippen LogP contribution >= 0.6 is 11.8 Å². The Balaban J connectivity index is 1.44. The van der Waals surface area contributed by atoms with Crippen LogP contribution in [0.2, 0.25) is 0 Å². The molecule has 1 aromatic heterocycles. The van der Waals surface area contributed by atoms with Crippen LogP contribution in [0, 0.1) is 6.92 Å². The average molecular weight is 615 g/mol. The predicted octanol–water partition coefficient (Wildman–Crippen LogP) is 11.1. The van der Waals surface area contributed by atoms with Crippen molar-refractivity contribution >= 4 is 56.5 Å². The molecule has 2 heterocycles. The summed E-state index contributed by atoms with van der Waals surface area (Å²) in [6.45, 7) is 4.33. The molecule has 0 fully saturated rings. The molecule has 0 radical (unpaired) electrons. The van der Waals surface area contributed by atoms with Gasteiger partial charge in [0, 0.05) is 20.7 Å². The van der Waals surface area contributed by atoms with Crippen molar-refractivity contribution in [1.82, 2.24) is 4.98 Å². The number of carbonyl (C=O) groups is 1. The highest BCUT2D eigenvalue weighted by molar-refractivity contribution is 7.99. The Kier molecular flexibility index (Phi) is 7.04. The second-order valence-electron chi connectivity index (χ2n) is 11.4. The molecule has 0 unspecified atom stereocenters. The molecule has 0 bridgehead atoms. The van der Waals surface area contributed by atoms with Gasteiger partial charge >= 0.3 is 5.97 Å². The third-order valence-corrected chi connectivity index (χ3v) is 9.72. The Hall–Kier alpha value is -5.39. The van der Waals surface area contributed by atoms with Crippen molar-refractivity contribution in [3.05, 3.63) is 145 Å². The van der Waals surface area contributed by atoms with Crippen LogP contribution in [0.3, 0.4) is 0 Å².